The average Bonchev–Trinajstić information content (AvgIpc) is 3.37. The fourth-order valence-corrected chi connectivity index (χ4v) is 5.97. The molecule has 1 aliphatic rings. The van der Waals surface area contributed by atoms with Gasteiger partial charge in [-0.25, -0.2) is 13.1 Å². The lowest BCUT2D eigenvalue weighted by molar-refractivity contribution is 0.305. The molecule has 0 spiro atoms. The Labute approximate surface area is 176 Å². The molecule has 1 aliphatic carbocycles. The third-order valence-corrected chi connectivity index (χ3v) is 7.50. The standard InChI is InChI=1S/C21H27N5O3S/c1-4-16-10-17(21-14(2)24-29-15(21)3)8-9-20(16)30(27,28)25-18-6-5-7-19(11-18)26-12-22-23-13-26/h8-10,12-13,18-19,25H,4-7,11H2,1-3H3/t18-,19+/m0/s1. The van der Waals surface area contributed by atoms with Gasteiger partial charge in [-0.15, -0.1) is 10.2 Å². The molecular formula is C21H27N5O3S. The second-order valence-electron chi connectivity index (χ2n) is 7.92. The zero-order valence-corrected chi connectivity index (χ0v) is 18.3. The molecule has 0 aliphatic heterocycles. The molecule has 2 atom stereocenters. The predicted octanol–water partition coefficient (Wildman–Crippen LogP) is 3.57. The summed E-state index contributed by atoms with van der Waals surface area (Å²) in [6.07, 6.45) is 7.53. The Bertz CT molecular complexity index is 1100. The van der Waals surface area contributed by atoms with Gasteiger partial charge in [-0.1, -0.05) is 18.1 Å². The number of aryl methyl sites for hydroxylation is 3. The number of nitrogens with one attached hydrogen (secondary N) is 1. The van der Waals surface area contributed by atoms with Crippen LogP contribution in [-0.4, -0.2) is 34.4 Å². The van der Waals surface area contributed by atoms with Gasteiger partial charge in [-0.05, 0) is 69.2 Å². The highest BCUT2D eigenvalue weighted by molar-refractivity contribution is 7.89. The van der Waals surface area contributed by atoms with Crippen molar-refractivity contribution in [2.45, 2.75) is 69.9 Å². The minimum atomic E-state index is -3.63. The van der Waals surface area contributed by atoms with Crippen LogP contribution in [-0.2, 0) is 16.4 Å². The van der Waals surface area contributed by atoms with Gasteiger partial charge in [0.15, 0.2) is 0 Å². The van der Waals surface area contributed by atoms with E-state index in [-0.39, 0.29) is 12.1 Å². The number of benzene rings is 1. The monoisotopic (exact) mass is 429 g/mol. The van der Waals surface area contributed by atoms with Crippen molar-refractivity contribution >= 4 is 10.0 Å². The van der Waals surface area contributed by atoms with E-state index in [1.165, 1.54) is 0 Å². The first-order valence-corrected chi connectivity index (χ1v) is 11.8. The summed E-state index contributed by atoms with van der Waals surface area (Å²) >= 11 is 0. The van der Waals surface area contributed by atoms with Gasteiger partial charge in [0.25, 0.3) is 0 Å². The van der Waals surface area contributed by atoms with E-state index < -0.39 is 10.0 Å². The summed E-state index contributed by atoms with van der Waals surface area (Å²) in [7, 11) is -3.63. The summed E-state index contributed by atoms with van der Waals surface area (Å²) in [6.45, 7) is 5.72. The zero-order chi connectivity index (χ0) is 21.3. The number of sulfonamides is 1. The van der Waals surface area contributed by atoms with Gasteiger partial charge in [-0.2, -0.15) is 0 Å². The lowest BCUT2D eigenvalue weighted by Crippen LogP contribution is -2.39. The molecule has 30 heavy (non-hydrogen) atoms. The van der Waals surface area contributed by atoms with Crippen LogP contribution >= 0.6 is 0 Å². The highest BCUT2D eigenvalue weighted by Crippen LogP contribution is 2.32. The maximum atomic E-state index is 13.2. The highest BCUT2D eigenvalue weighted by Gasteiger charge is 2.28. The molecule has 1 N–H and O–H groups in total. The molecule has 9 heteroatoms. The molecule has 4 rings (SSSR count). The van der Waals surface area contributed by atoms with Crippen LogP contribution in [0, 0.1) is 13.8 Å². The lowest BCUT2D eigenvalue weighted by Gasteiger charge is -2.30. The minimum absolute atomic E-state index is 0.108. The number of hydrogen-bond donors (Lipinski definition) is 1. The van der Waals surface area contributed by atoms with Gasteiger partial charge in [-0.3, -0.25) is 0 Å². The molecule has 0 bridgehead atoms. The first-order chi connectivity index (χ1) is 14.4. The molecule has 1 saturated carbocycles. The summed E-state index contributed by atoms with van der Waals surface area (Å²) in [5, 5.41) is 11.8. The van der Waals surface area contributed by atoms with E-state index in [0.717, 1.165) is 53.8 Å². The first-order valence-electron chi connectivity index (χ1n) is 10.3. The van der Waals surface area contributed by atoms with Crippen LogP contribution < -0.4 is 4.72 Å². The summed E-state index contributed by atoms with van der Waals surface area (Å²) in [5.74, 6) is 0.727. The summed E-state index contributed by atoms with van der Waals surface area (Å²) < 4.78 is 36.6. The molecular weight excluding hydrogens is 402 g/mol. The van der Waals surface area contributed by atoms with Crippen LogP contribution in [0.1, 0.15) is 55.7 Å². The third kappa shape index (κ3) is 4.04. The number of nitrogens with zero attached hydrogens (tertiary/aromatic N) is 4. The van der Waals surface area contributed by atoms with Gasteiger partial charge >= 0.3 is 0 Å². The molecule has 8 nitrogen and oxygen atoms in total. The Morgan fingerprint density at radius 2 is 1.97 bits per heavy atom. The van der Waals surface area contributed by atoms with Crippen molar-refractivity contribution in [1.82, 2.24) is 24.6 Å². The Hall–Kier alpha value is -2.52. The van der Waals surface area contributed by atoms with Gasteiger partial charge in [0, 0.05) is 17.6 Å². The van der Waals surface area contributed by atoms with Crippen molar-refractivity contribution in [2.24, 2.45) is 0 Å². The van der Waals surface area contributed by atoms with Crippen molar-refractivity contribution in [2.75, 3.05) is 0 Å². The van der Waals surface area contributed by atoms with E-state index in [1.54, 1.807) is 18.7 Å². The minimum Gasteiger partial charge on any atom is -0.361 e. The molecule has 1 fully saturated rings. The van der Waals surface area contributed by atoms with E-state index in [9.17, 15) is 8.42 Å². The summed E-state index contributed by atoms with van der Waals surface area (Å²) in [5.41, 5.74) is 3.43. The van der Waals surface area contributed by atoms with Crippen LogP contribution in [0.3, 0.4) is 0 Å². The van der Waals surface area contributed by atoms with E-state index in [1.807, 2.05) is 37.5 Å². The van der Waals surface area contributed by atoms with Gasteiger partial charge in [0.1, 0.15) is 18.4 Å². The average molecular weight is 430 g/mol. The zero-order valence-electron chi connectivity index (χ0n) is 17.5. The molecule has 1 aromatic carbocycles. The fourth-order valence-electron chi connectivity index (χ4n) is 4.39. The quantitative estimate of drug-likeness (QED) is 0.642. The molecule has 160 valence electrons. The lowest BCUT2D eigenvalue weighted by atomic mass is 9.91. The Kier molecular flexibility index (Phi) is 5.75. The maximum Gasteiger partial charge on any atom is 0.241 e. The van der Waals surface area contributed by atoms with Crippen LogP contribution in [0.25, 0.3) is 11.1 Å². The maximum absolute atomic E-state index is 13.2. The van der Waals surface area contributed by atoms with Crippen LogP contribution in [0.4, 0.5) is 0 Å². The molecule has 2 aromatic heterocycles. The fraction of sp³-hybridized carbons (Fsp3) is 0.476. The van der Waals surface area contributed by atoms with E-state index in [4.69, 9.17) is 4.52 Å². The van der Waals surface area contributed by atoms with Crippen LogP contribution in [0.15, 0.2) is 40.3 Å². The molecule has 2 heterocycles. The smallest absolute Gasteiger partial charge is 0.241 e. The largest absolute Gasteiger partial charge is 0.361 e. The van der Waals surface area contributed by atoms with Crippen molar-refractivity contribution < 1.29 is 12.9 Å². The van der Waals surface area contributed by atoms with Crippen molar-refractivity contribution in [3.63, 3.8) is 0 Å². The number of aromatic nitrogens is 4. The molecule has 0 amide bonds. The van der Waals surface area contributed by atoms with E-state index >= 15 is 0 Å². The van der Waals surface area contributed by atoms with Gasteiger partial charge in [0.05, 0.1) is 10.6 Å². The predicted molar refractivity (Wildman–Crippen MR) is 112 cm³/mol. The SMILES string of the molecule is CCc1cc(-c2c(C)noc2C)ccc1S(=O)(=O)N[C@H]1CCC[C@@H](n2cnnc2)C1. The van der Waals surface area contributed by atoms with Crippen LogP contribution in [0.2, 0.25) is 0 Å². The second kappa shape index (κ2) is 8.31. The third-order valence-electron chi connectivity index (χ3n) is 5.88. The van der Waals surface area contributed by atoms with Crippen molar-refractivity contribution in [1.29, 1.82) is 0 Å². The van der Waals surface area contributed by atoms with Crippen molar-refractivity contribution in [3.05, 3.63) is 47.9 Å². The van der Waals surface area contributed by atoms with Crippen LogP contribution in [0.5, 0.6) is 0 Å². The topological polar surface area (TPSA) is 103 Å². The number of hydrogen-bond acceptors (Lipinski definition) is 6. The van der Waals surface area contributed by atoms with E-state index in [2.05, 4.69) is 20.1 Å². The molecule has 0 radical (unpaired) electrons. The Morgan fingerprint density at radius 3 is 2.63 bits per heavy atom. The second-order valence-corrected chi connectivity index (χ2v) is 9.61. The Morgan fingerprint density at radius 1 is 1.20 bits per heavy atom. The summed E-state index contributed by atoms with van der Waals surface area (Å²) in [4.78, 5) is 0.340. The molecule has 0 saturated heterocycles. The van der Waals surface area contributed by atoms with Crippen molar-refractivity contribution in [3.8, 4) is 11.1 Å². The molecule has 3 aromatic rings. The normalized spacial score (nSPS) is 19.8. The van der Waals surface area contributed by atoms with Gasteiger partial charge in [0.2, 0.25) is 10.0 Å². The first kappa shape index (κ1) is 20.7. The molecule has 0 unspecified atom stereocenters. The van der Waals surface area contributed by atoms with Gasteiger partial charge < -0.3 is 9.09 Å². The summed E-state index contributed by atoms with van der Waals surface area (Å²) in [6, 6.07) is 5.57. The highest BCUT2D eigenvalue weighted by atomic mass is 32.2. The number of rotatable bonds is 6. The van der Waals surface area contributed by atoms with E-state index in [0.29, 0.717) is 11.3 Å². The Balaban J connectivity index is 1.58.